The molecule has 0 bridgehead atoms. The molecule has 0 radical (unpaired) electrons. The van der Waals surface area contributed by atoms with Crippen molar-refractivity contribution in [1.29, 1.82) is 0 Å². The van der Waals surface area contributed by atoms with Crippen LogP contribution in [-0.2, 0) is 23.7 Å². The van der Waals surface area contributed by atoms with E-state index in [-0.39, 0.29) is 32.5 Å². The fourth-order valence-electron chi connectivity index (χ4n) is 5.14. The molecule has 0 aromatic heterocycles. The Balaban J connectivity index is 0.000000709. The first-order valence-electron chi connectivity index (χ1n) is 19.0. The zero-order chi connectivity index (χ0) is 36.7. The van der Waals surface area contributed by atoms with E-state index >= 15 is 0 Å². The minimum absolute atomic E-state index is 0.0694. The first kappa shape index (κ1) is 48.5. The van der Waals surface area contributed by atoms with Crippen molar-refractivity contribution in [3.63, 3.8) is 0 Å². The van der Waals surface area contributed by atoms with E-state index in [1.54, 1.807) is 0 Å². The summed E-state index contributed by atoms with van der Waals surface area (Å²) >= 11 is 0. The Morgan fingerprint density at radius 1 is 0.551 bits per heavy atom. The van der Waals surface area contributed by atoms with Crippen LogP contribution < -0.4 is 0 Å². The Hall–Kier alpha value is -0.520. The van der Waals surface area contributed by atoms with Crippen LogP contribution in [0.3, 0.4) is 0 Å². The van der Waals surface area contributed by atoms with Crippen LogP contribution in [0.2, 0.25) is 0 Å². The van der Waals surface area contributed by atoms with Gasteiger partial charge in [-0.2, -0.15) is 0 Å². The minimum Gasteiger partial charge on any atom is -0.394 e. The van der Waals surface area contributed by atoms with Crippen LogP contribution in [0.15, 0.2) is 0 Å². The molecule has 13 heteroatoms. The molecule has 49 heavy (non-hydrogen) atoms. The highest BCUT2D eigenvalue weighted by Gasteiger charge is 2.39. The highest BCUT2D eigenvalue weighted by Crippen LogP contribution is 2.18. The number of ether oxygens (including phenoxy) is 5. The Bertz CT molecular complexity index is 691. The lowest BCUT2D eigenvalue weighted by molar-refractivity contribution is -0.0813. The summed E-state index contributed by atoms with van der Waals surface area (Å²) in [6.45, 7) is 8.95. The van der Waals surface area contributed by atoms with Crippen LogP contribution in [0.25, 0.3) is 0 Å². The van der Waals surface area contributed by atoms with Gasteiger partial charge in [-0.15, -0.1) is 0 Å². The fourth-order valence-corrected chi connectivity index (χ4v) is 5.14. The second-order valence-corrected chi connectivity index (χ2v) is 13.1. The fraction of sp³-hybridized carbons (Fsp3) is 1.00. The number of rotatable bonds is 27. The Morgan fingerprint density at radius 2 is 1.00 bits per heavy atom. The van der Waals surface area contributed by atoms with E-state index in [1.165, 1.54) is 64.2 Å². The maximum atomic E-state index is 9.76. The van der Waals surface area contributed by atoms with Crippen LogP contribution in [-0.4, -0.2) is 155 Å². The van der Waals surface area contributed by atoms with Gasteiger partial charge in [0.25, 0.3) is 0 Å². The normalized spacial score (nSPS) is 25.3. The summed E-state index contributed by atoms with van der Waals surface area (Å²) in [5.41, 5.74) is 0. The molecule has 0 amide bonds. The summed E-state index contributed by atoms with van der Waals surface area (Å²) in [6, 6.07) is 0. The molecule has 2 aliphatic heterocycles. The van der Waals surface area contributed by atoms with E-state index in [0.29, 0.717) is 26.4 Å². The van der Waals surface area contributed by atoms with Crippen molar-refractivity contribution in [3.8, 4) is 0 Å². The third-order valence-electron chi connectivity index (χ3n) is 8.49. The Kier molecular flexibility index (Phi) is 33.0. The van der Waals surface area contributed by atoms with Crippen molar-refractivity contribution in [2.75, 3.05) is 59.5 Å². The van der Waals surface area contributed by atoms with Crippen molar-refractivity contribution >= 4 is 0 Å². The van der Waals surface area contributed by atoms with Gasteiger partial charge in [0.05, 0.1) is 39.6 Å². The van der Waals surface area contributed by atoms with E-state index in [9.17, 15) is 30.6 Å². The number of aliphatic hydroxyl groups is 8. The van der Waals surface area contributed by atoms with Crippen LogP contribution in [0, 0.1) is 0 Å². The highest BCUT2D eigenvalue weighted by atomic mass is 16.6. The van der Waals surface area contributed by atoms with Crippen molar-refractivity contribution in [2.24, 2.45) is 0 Å². The Labute approximate surface area is 295 Å². The molecule has 8 N–H and O–H groups in total. The van der Waals surface area contributed by atoms with Gasteiger partial charge in [-0.3, -0.25) is 0 Å². The zero-order valence-electron chi connectivity index (χ0n) is 30.8. The minimum atomic E-state index is -1.09. The van der Waals surface area contributed by atoms with Crippen LogP contribution in [0.4, 0.5) is 0 Å². The van der Waals surface area contributed by atoms with Gasteiger partial charge in [0.2, 0.25) is 0 Å². The van der Waals surface area contributed by atoms with Gasteiger partial charge in [-0.1, -0.05) is 97.8 Å². The van der Waals surface area contributed by atoms with Crippen molar-refractivity contribution in [2.45, 2.75) is 172 Å². The summed E-state index contributed by atoms with van der Waals surface area (Å²) in [6.07, 6.45) is 10.2. The molecule has 0 aliphatic carbocycles. The molecule has 0 spiro atoms. The molecular formula is C36H74O13. The lowest BCUT2D eigenvalue weighted by atomic mass is 10.1. The van der Waals surface area contributed by atoms with Crippen molar-refractivity contribution in [1.82, 2.24) is 0 Å². The van der Waals surface area contributed by atoms with Gasteiger partial charge in [0.1, 0.15) is 54.9 Å². The second kappa shape index (κ2) is 33.3. The van der Waals surface area contributed by atoms with E-state index in [2.05, 4.69) is 20.8 Å². The van der Waals surface area contributed by atoms with Gasteiger partial charge < -0.3 is 64.5 Å². The van der Waals surface area contributed by atoms with Crippen LogP contribution in [0.1, 0.15) is 117 Å². The molecule has 2 saturated heterocycles. The number of unbranched alkanes of at least 4 members (excludes halogenated alkanes) is 12. The zero-order valence-corrected chi connectivity index (χ0v) is 30.8. The second-order valence-electron chi connectivity index (χ2n) is 13.1. The SMILES string of the molecule is CCCCCCCOCC(O)C(O)CO.CCCCCCCOCC(O)C1OCC(O)C1O.CCCCCCCOCC1OCC(O)C1O. The summed E-state index contributed by atoms with van der Waals surface area (Å²) in [4.78, 5) is 0. The third-order valence-corrected chi connectivity index (χ3v) is 8.49. The molecule has 0 aromatic carbocycles. The topological polar surface area (TPSA) is 208 Å². The number of hydrogen-bond acceptors (Lipinski definition) is 13. The lowest BCUT2D eigenvalue weighted by Gasteiger charge is -2.20. The van der Waals surface area contributed by atoms with Gasteiger partial charge in [0.15, 0.2) is 0 Å². The molecule has 9 unspecified atom stereocenters. The van der Waals surface area contributed by atoms with E-state index < -0.39 is 55.4 Å². The monoisotopic (exact) mass is 715 g/mol. The molecular weight excluding hydrogens is 640 g/mol. The van der Waals surface area contributed by atoms with Gasteiger partial charge >= 0.3 is 0 Å². The Morgan fingerprint density at radius 3 is 1.43 bits per heavy atom. The smallest absolute Gasteiger partial charge is 0.114 e. The summed E-state index contributed by atoms with van der Waals surface area (Å²) in [5.74, 6) is 0. The first-order valence-corrected chi connectivity index (χ1v) is 19.0. The van der Waals surface area contributed by atoms with Crippen LogP contribution >= 0.6 is 0 Å². The highest BCUT2D eigenvalue weighted by molar-refractivity contribution is 4.87. The predicted molar refractivity (Wildman–Crippen MR) is 187 cm³/mol. The summed E-state index contributed by atoms with van der Waals surface area (Å²) < 4.78 is 26.3. The number of hydrogen-bond donors (Lipinski definition) is 8. The van der Waals surface area contributed by atoms with Crippen LogP contribution in [0.5, 0.6) is 0 Å². The third kappa shape index (κ3) is 25.2. The van der Waals surface area contributed by atoms with Gasteiger partial charge in [0, 0.05) is 19.8 Å². The first-order chi connectivity index (χ1) is 23.6. The van der Waals surface area contributed by atoms with Crippen molar-refractivity contribution < 1.29 is 64.5 Å². The van der Waals surface area contributed by atoms with Gasteiger partial charge in [-0.05, 0) is 19.3 Å². The molecule has 2 aliphatic rings. The molecule has 296 valence electrons. The summed E-state index contributed by atoms with van der Waals surface area (Å²) in [7, 11) is 0. The average molecular weight is 715 g/mol. The number of aliphatic hydroxyl groups excluding tert-OH is 8. The molecule has 2 rings (SSSR count). The maximum absolute atomic E-state index is 9.76. The quantitative estimate of drug-likeness (QED) is 0.0576. The van der Waals surface area contributed by atoms with E-state index in [1.807, 2.05) is 0 Å². The van der Waals surface area contributed by atoms with E-state index in [0.717, 1.165) is 32.1 Å². The molecule has 2 heterocycles. The molecule has 0 saturated carbocycles. The van der Waals surface area contributed by atoms with Gasteiger partial charge in [-0.25, -0.2) is 0 Å². The molecule has 2 fully saturated rings. The molecule has 13 nitrogen and oxygen atoms in total. The predicted octanol–water partition coefficient (Wildman–Crippen LogP) is 2.24. The maximum Gasteiger partial charge on any atom is 0.114 e. The average Bonchev–Trinajstić information content (AvgIpc) is 3.61. The lowest BCUT2D eigenvalue weighted by Crippen LogP contribution is -2.40. The molecule has 9 atom stereocenters. The standard InChI is InChI=1S/C13H26O5.C12H24O4.C11H24O4/c1-2-3-4-5-6-7-17-8-11(15)13-12(16)10(14)9-18-13;1-2-3-4-5-6-7-15-9-11-12(14)10(13)8-16-11;1-2-3-4-5-6-7-15-9-11(14)10(13)8-12/h10-16H,2-9H2,1H3;10-14H,2-9H2,1H3;10-14H,2-9H2,1H3. The van der Waals surface area contributed by atoms with Crippen molar-refractivity contribution in [3.05, 3.63) is 0 Å². The largest absolute Gasteiger partial charge is 0.394 e. The molecule has 0 aromatic rings. The summed E-state index contributed by atoms with van der Waals surface area (Å²) in [5, 5.41) is 74.1. The van der Waals surface area contributed by atoms with E-state index in [4.69, 9.17) is 33.9 Å².